The average Bonchev–Trinajstić information content (AvgIpc) is 3.50. The summed E-state index contributed by atoms with van der Waals surface area (Å²) in [6, 6.07) is 3.24. The molecule has 38 heavy (non-hydrogen) atoms. The van der Waals surface area contributed by atoms with Crippen molar-refractivity contribution in [2.45, 2.75) is 70.1 Å². The Morgan fingerprint density at radius 1 is 1.11 bits per heavy atom. The standard InChI is InChI=1S/C26H35N5O7/c1-14(2)10-19(23(34)30-20(26(37)38)12-22(32)33)29-24(35)21-8-5-9-31(21)25(36)17(27)11-15-13-28-18-7-4-3-6-16(15)18/h3-4,6-7,13-14,17,19-21,28H,5,8-12,27H2,1-2H3,(H,29,35)(H,30,34)(H,32,33)(H,37,38). The Morgan fingerprint density at radius 3 is 2.47 bits per heavy atom. The molecule has 0 saturated carbocycles. The molecule has 3 rings (SSSR count). The fourth-order valence-corrected chi connectivity index (χ4v) is 4.76. The maximum Gasteiger partial charge on any atom is 0.326 e. The van der Waals surface area contributed by atoms with Crippen LogP contribution in [0.4, 0.5) is 0 Å². The van der Waals surface area contributed by atoms with E-state index in [-0.39, 0.29) is 24.7 Å². The molecule has 0 spiro atoms. The molecule has 0 radical (unpaired) electrons. The molecule has 206 valence electrons. The van der Waals surface area contributed by atoms with E-state index < -0.39 is 54.3 Å². The minimum atomic E-state index is -1.64. The first-order chi connectivity index (χ1) is 18.0. The lowest BCUT2D eigenvalue weighted by Gasteiger charge is -2.29. The van der Waals surface area contributed by atoms with Crippen LogP contribution in [0.3, 0.4) is 0 Å². The molecular weight excluding hydrogens is 494 g/mol. The maximum absolute atomic E-state index is 13.3. The second kappa shape index (κ2) is 12.5. The van der Waals surface area contributed by atoms with E-state index in [2.05, 4.69) is 15.6 Å². The number of carbonyl (C=O) groups excluding carboxylic acids is 3. The summed E-state index contributed by atoms with van der Waals surface area (Å²) in [5.41, 5.74) is 8.10. The van der Waals surface area contributed by atoms with E-state index in [4.69, 9.17) is 10.8 Å². The molecule has 2 heterocycles. The molecule has 1 aromatic heterocycles. The predicted octanol–water partition coefficient (Wildman–Crippen LogP) is 0.604. The summed E-state index contributed by atoms with van der Waals surface area (Å²) >= 11 is 0. The number of aliphatic carboxylic acids is 2. The van der Waals surface area contributed by atoms with Gasteiger partial charge in [-0.2, -0.15) is 0 Å². The smallest absolute Gasteiger partial charge is 0.326 e. The number of H-pyrrole nitrogens is 1. The monoisotopic (exact) mass is 529 g/mol. The van der Waals surface area contributed by atoms with Crippen LogP contribution in [0.15, 0.2) is 30.5 Å². The first-order valence-electron chi connectivity index (χ1n) is 12.6. The number of carboxylic acid groups (broad SMARTS) is 2. The van der Waals surface area contributed by atoms with E-state index in [1.807, 2.05) is 44.3 Å². The molecule has 0 bridgehead atoms. The van der Waals surface area contributed by atoms with Crippen molar-refractivity contribution in [2.24, 2.45) is 11.7 Å². The van der Waals surface area contributed by atoms with Crippen LogP contribution >= 0.6 is 0 Å². The summed E-state index contributed by atoms with van der Waals surface area (Å²) in [6.45, 7) is 4.00. The zero-order valence-corrected chi connectivity index (χ0v) is 21.5. The fourth-order valence-electron chi connectivity index (χ4n) is 4.76. The quantitative estimate of drug-likeness (QED) is 0.230. The molecule has 7 N–H and O–H groups in total. The molecule has 4 unspecified atom stereocenters. The Labute approximate surface area is 219 Å². The van der Waals surface area contributed by atoms with Gasteiger partial charge in [0.25, 0.3) is 0 Å². The number of aromatic nitrogens is 1. The molecule has 12 heteroatoms. The number of amides is 3. The first-order valence-corrected chi connectivity index (χ1v) is 12.6. The number of carboxylic acids is 2. The number of hydrogen-bond acceptors (Lipinski definition) is 6. The van der Waals surface area contributed by atoms with Gasteiger partial charge in [-0.1, -0.05) is 32.0 Å². The van der Waals surface area contributed by atoms with Gasteiger partial charge in [0.2, 0.25) is 17.7 Å². The molecule has 12 nitrogen and oxygen atoms in total. The third-order valence-corrected chi connectivity index (χ3v) is 6.60. The maximum atomic E-state index is 13.3. The lowest BCUT2D eigenvalue weighted by molar-refractivity contribution is -0.147. The van der Waals surface area contributed by atoms with Crippen molar-refractivity contribution in [2.75, 3.05) is 6.54 Å². The molecule has 1 aliphatic rings. The van der Waals surface area contributed by atoms with Crippen LogP contribution in [-0.4, -0.2) is 80.5 Å². The second-order valence-electron chi connectivity index (χ2n) is 10.0. The van der Waals surface area contributed by atoms with Gasteiger partial charge in [0.15, 0.2) is 0 Å². The number of benzene rings is 1. The Kier molecular flexibility index (Phi) is 9.45. The highest BCUT2D eigenvalue weighted by Crippen LogP contribution is 2.22. The van der Waals surface area contributed by atoms with Gasteiger partial charge in [-0.05, 0) is 43.2 Å². The van der Waals surface area contributed by atoms with Crippen LogP contribution < -0.4 is 16.4 Å². The van der Waals surface area contributed by atoms with E-state index in [9.17, 15) is 29.1 Å². The summed E-state index contributed by atoms with van der Waals surface area (Å²) in [7, 11) is 0. The number of nitrogens with two attached hydrogens (primary N) is 1. The summed E-state index contributed by atoms with van der Waals surface area (Å²) in [4.78, 5) is 66.3. The van der Waals surface area contributed by atoms with E-state index in [0.29, 0.717) is 19.4 Å². The highest BCUT2D eigenvalue weighted by Gasteiger charge is 2.38. The summed E-state index contributed by atoms with van der Waals surface area (Å²) in [5, 5.41) is 24.0. The summed E-state index contributed by atoms with van der Waals surface area (Å²) < 4.78 is 0. The zero-order chi connectivity index (χ0) is 28.0. The van der Waals surface area contributed by atoms with Crippen molar-refractivity contribution in [3.63, 3.8) is 0 Å². The van der Waals surface area contributed by atoms with Gasteiger partial charge in [0.05, 0.1) is 12.5 Å². The van der Waals surface area contributed by atoms with Gasteiger partial charge in [-0.3, -0.25) is 19.2 Å². The van der Waals surface area contributed by atoms with Gasteiger partial charge in [0, 0.05) is 23.6 Å². The number of nitrogens with zero attached hydrogens (tertiary/aromatic N) is 1. The van der Waals surface area contributed by atoms with Crippen LogP contribution in [0.1, 0.15) is 45.1 Å². The summed E-state index contributed by atoms with van der Waals surface area (Å²) in [5.74, 6) is -4.63. The Morgan fingerprint density at radius 2 is 1.82 bits per heavy atom. The third kappa shape index (κ3) is 7.09. The second-order valence-corrected chi connectivity index (χ2v) is 10.0. The van der Waals surface area contributed by atoms with Crippen molar-refractivity contribution < 1.29 is 34.2 Å². The normalized spacial score (nSPS) is 17.7. The SMILES string of the molecule is CC(C)CC(NC(=O)C1CCCN1C(=O)C(N)Cc1c[nH]c2ccccc12)C(=O)NC(CC(=O)O)C(=O)O. The van der Waals surface area contributed by atoms with Gasteiger partial charge in [-0.25, -0.2) is 4.79 Å². The Balaban J connectivity index is 1.68. The molecule has 1 aliphatic heterocycles. The molecule has 1 aromatic carbocycles. The largest absolute Gasteiger partial charge is 0.481 e. The number of rotatable bonds is 12. The number of likely N-dealkylation sites (tertiary alicyclic amines) is 1. The topological polar surface area (TPSA) is 195 Å². The van der Waals surface area contributed by atoms with E-state index in [1.165, 1.54) is 4.90 Å². The summed E-state index contributed by atoms with van der Waals surface area (Å²) in [6.07, 6.45) is 2.47. The van der Waals surface area contributed by atoms with E-state index >= 15 is 0 Å². The average molecular weight is 530 g/mol. The number of para-hydroxylation sites is 1. The number of aromatic amines is 1. The van der Waals surface area contributed by atoms with Crippen LogP contribution in [0.2, 0.25) is 0 Å². The Hall–Kier alpha value is -3.93. The Bertz CT molecular complexity index is 1190. The van der Waals surface area contributed by atoms with Crippen molar-refractivity contribution in [3.8, 4) is 0 Å². The minimum Gasteiger partial charge on any atom is -0.481 e. The van der Waals surface area contributed by atoms with Gasteiger partial charge in [0.1, 0.15) is 18.1 Å². The third-order valence-electron chi connectivity index (χ3n) is 6.60. The van der Waals surface area contributed by atoms with Crippen LogP contribution in [0.5, 0.6) is 0 Å². The van der Waals surface area contributed by atoms with E-state index in [1.54, 1.807) is 0 Å². The van der Waals surface area contributed by atoms with Crippen molar-refractivity contribution in [3.05, 3.63) is 36.0 Å². The van der Waals surface area contributed by atoms with Crippen molar-refractivity contribution in [1.82, 2.24) is 20.5 Å². The van der Waals surface area contributed by atoms with E-state index in [0.717, 1.165) is 16.5 Å². The predicted molar refractivity (Wildman–Crippen MR) is 138 cm³/mol. The van der Waals surface area contributed by atoms with Crippen LogP contribution in [0, 0.1) is 5.92 Å². The molecule has 1 fully saturated rings. The molecule has 2 aromatic rings. The van der Waals surface area contributed by atoms with Gasteiger partial charge < -0.3 is 36.5 Å². The lowest BCUT2D eigenvalue weighted by Crippen LogP contribution is -2.57. The minimum absolute atomic E-state index is 0.0419. The lowest BCUT2D eigenvalue weighted by atomic mass is 10.0. The number of hydrogen-bond donors (Lipinski definition) is 6. The van der Waals surface area contributed by atoms with Crippen molar-refractivity contribution >= 4 is 40.6 Å². The molecule has 4 atom stereocenters. The zero-order valence-electron chi connectivity index (χ0n) is 21.5. The number of nitrogens with one attached hydrogen (secondary N) is 3. The van der Waals surface area contributed by atoms with Gasteiger partial charge in [-0.15, -0.1) is 0 Å². The highest BCUT2D eigenvalue weighted by atomic mass is 16.4. The number of carbonyl (C=O) groups is 5. The molecular formula is C26H35N5O7. The highest BCUT2D eigenvalue weighted by molar-refractivity contribution is 5.95. The van der Waals surface area contributed by atoms with Crippen LogP contribution in [0.25, 0.3) is 10.9 Å². The first kappa shape index (κ1) is 28.6. The molecule has 3 amide bonds. The van der Waals surface area contributed by atoms with Crippen LogP contribution in [-0.2, 0) is 30.4 Å². The molecule has 1 saturated heterocycles. The molecule has 0 aliphatic carbocycles. The van der Waals surface area contributed by atoms with Gasteiger partial charge >= 0.3 is 11.9 Å². The van der Waals surface area contributed by atoms with Crippen molar-refractivity contribution in [1.29, 1.82) is 0 Å². The number of fused-ring (bicyclic) bond motifs is 1. The fraction of sp³-hybridized carbons (Fsp3) is 0.500.